The van der Waals surface area contributed by atoms with Gasteiger partial charge >= 0.3 is 0 Å². The smallest absolute Gasteiger partial charge is 0.124 e. The van der Waals surface area contributed by atoms with Crippen LogP contribution in [0.1, 0.15) is 100 Å². The van der Waals surface area contributed by atoms with Crippen molar-refractivity contribution in [1.82, 2.24) is 18.4 Å². The molecule has 2 aliphatic heterocycles. The fraction of sp³-hybridized carbons (Fsp3) is 0.192. The number of fused-ring (bicyclic) bond motifs is 18. The summed E-state index contributed by atoms with van der Waals surface area (Å²) < 4.78 is 19.0. The summed E-state index contributed by atoms with van der Waals surface area (Å²) in [6.45, 7) is 28.0. The van der Waals surface area contributed by atoms with Crippen LogP contribution < -0.4 is 18.7 Å². The van der Waals surface area contributed by atoms with Crippen LogP contribution >= 0.6 is 0 Å². The number of para-hydroxylation sites is 4. The fourth-order valence-corrected chi connectivity index (χ4v) is 18.6. The first-order chi connectivity index (χ1) is 54.0. The number of hydrogen-bond donors (Lipinski definition) is 0. The summed E-state index contributed by atoms with van der Waals surface area (Å²) in [7, 11) is 8.72. The van der Waals surface area contributed by atoms with Crippen molar-refractivity contribution in [3.05, 3.63) is 360 Å². The van der Waals surface area contributed by atoms with E-state index >= 15 is 0 Å². The molecule has 0 bridgehead atoms. The molecule has 8 heteroatoms. The van der Waals surface area contributed by atoms with Crippen LogP contribution in [0.5, 0.6) is 0 Å². The van der Waals surface area contributed by atoms with Gasteiger partial charge in [-0.05, 0) is 132 Å². The maximum atomic E-state index is 2.49. The van der Waals surface area contributed by atoms with Crippen LogP contribution in [0.25, 0.3) is 133 Å². The summed E-state index contributed by atoms with van der Waals surface area (Å²) in [5, 5.41) is 7.76. The Morgan fingerprint density at radius 2 is 0.598 bits per heavy atom. The number of pyridine rings is 2. The highest BCUT2D eigenvalue weighted by Gasteiger charge is 2.54. The zero-order valence-electron chi connectivity index (χ0n) is 67.6. The van der Waals surface area contributed by atoms with E-state index in [1.165, 1.54) is 178 Å². The molecule has 552 valence electrons. The van der Waals surface area contributed by atoms with E-state index in [1.54, 1.807) is 0 Å². The number of rotatable bonds is 6. The number of aromatic nitrogens is 8. The second-order valence-corrected chi connectivity index (χ2v) is 33.0. The zero-order chi connectivity index (χ0) is 77.9. The van der Waals surface area contributed by atoms with Crippen molar-refractivity contribution in [3.63, 3.8) is 0 Å². The number of hydrogen-bond acceptors (Lipinski definition) is 0. The monoisotopic (exact) mass is 1460 g/mol. The summed E-state index contributed by atoms with van der Waals surface area (Å²) in [6.07, 6.45) is 0. The predicted molar refractivity (Wildman–Crippen MR) is 465 cm³/mol. The van der Waals surface area contributed by atoms with Gasteiger partial charge in [-0.25, -0.2) is 0 Å². The average Bonchev–Trinajstić information content (AvgIpc) is 1.24. The topological polar surface area (TPSA) is 34.2 Å². The number of aryl methyl sites for hydroxylation is 6. The Bertz CT molecular complexity index is 6670. The van der Waals surface area contributed by atoms with Crippen molar-refractivity contribution in [2.45, 2.75) is 105 Å². The highest BCUT2D eigenvalue weighted by molar-refractivity contribution is 6.17. The summed E-state index contributed by atoms with van der Waals surface area (Å²) in [4.78, 5) is 0. The van der Waals surface area contributed by atoms with E-state index in [2.05, 4.69) is 464 Å². The van der Waals surface area contributed by atoms with Gasteiger partial charge in [-0.15, -0.1) is 37.1 Å². The summed E-state index contributed by atoms with van der Waals surface area (Å²) in [5.41, 5.74) is 33.5. The Labute approximate surface area is 659 Å². The SMILES string of the molecule is Cc1cccc2c1-n1c(c(-c3ccccc3)c(-c3ccccc3)[n+]1C)C(C)(C)C2(C)C.Cc1cccc2c1-n1c(cc(-c3ccccc3)[n+]1C)C(C)(C)C2(C)C.Cc1cccc2c3ccccc3c3c(-c4ccccc4)c(-c4ccccc4)[n+](C)n3c12.Cc1cccc2c3ccccc3c3cc(-c4ccccc4)[n+](C)n3c12. The van der Waals surface area contributed by atoms with E-state index < -0.39 is 0 Å². The van der Waals surface area contributed by atoms with Crippen molar-refractivity contribution in [1.29, 1.82) is 0 Å². The van der Waals surface area contributed by atoms with Gasteiger partial charge in [0.2, 0.25) is 22.8 Å². The first-order valence-electron chi connectivity index (χ1n) is 39.5. The molecule has 8 nitrogen and oxygen atoms in total. The largest absolute Gasteiger partial charge is 0.247 e. The molecular weight excluding hydrogens is 1360 g/mol. The van der Waals surface area contributed by atoms with Crippen LogP contribution in [0.3, 0.4) is 0 Å². The standard InChI is InChI=1S/C29H23N2.C29H31N2.C23H19N2.C23H27N2/c1-20-12-11-19-24-23-17-9-10-18-25(23)29-26(21-13-5-3-6-14-21)28(22-15-7-4-8-16-22)30(2)31(29)27(20)24;1-20-14-13-19-23-25(20)31-27(29(4,5)28(23,2)3)24(21-15-9-7-10-16-21)26(30(31)6)22-17-11-8-12-18-22;1-16-9-8-14-20-18-12-6-7-13-19(18)22-15-21(17-10-4-3-5-11-17)24(2)25(22)23(16)20;1-16-11-10-14-18-21(16)25-20(23(4,5)22(18,2)3)15-19(24(25)6)17-12-8-7-9-13-17/h3-19H,1-2H3;7-19H,1-6H3;3-15H,1-2H3;7-15H,1-6H3/q4*+1. The van der Waals surface area contributed by atoms with Crippen LogP contribution in [0, 0.1) is 27.7 Å². The Balaban J connectivity index is 0.000000109. The summed E-state index contributed by atoms with van der Waals surface area (Å²) >= 11 is 0. The second kappa shape index (κ2) is 27.8. The van der Waals surface area contributed by atoms with Gasteiger partial charge in [-0.3, -0.25) is 0 Å². The molecule has 18 aromatic rings. The van der Waals surface area contributed by atoms with E-state index in [1.807, 2.05) is 0 Å². The molecular formula is C104H100N8+4. The van der Waals surface area contributed by atoms with Gasteiger partial charge in [-0.1, -0.05) is 310 Å². The molecule has 0 spiro atoms. The molecule has 0 radical (unpaired) electrons. The van der Waals surface area contributed by atoms with Crippen molar-refractivity contribution >= 4 is 54.4 Å². The Morgan fingerprint density at radius 1 is 0.250 bits per heavy atom. The molecule has 20 rings (SSSR count). The fourth-order valence-electron chi connectivity index (χ4n) is 18.6. The molecule has 8 heterocycles. The molecule has 112 heavy (non-hydrogen) atoms. The van der Waals surface area contributed by atoms with Crippen molar-refractivity contribution in [2.75, 3.05) is 0 Å². The van der Waals surface area contributed by atoms with Crippen LogP contribution in [0.15, 0.2) is 315 Å². The van der Waals surface area contributed by atoms with Crippen molar-refractivity contribution < 1.29 is 18.7 Å². The average molecular weight is 1460 g/mol. The molecule has 0 amide bonds. The number of benzene rings is 12. The maximum absolute atomic E-state index is 2.49. The molecule has 0 saturated carbocycles. The maximum Gasteiger partial charge on any atom is 0.247 e. The summed E-state index contributed by atoms with van der Waals surface area (Å²) in [6, 6.07) is 113. The van der Waals surface area contributed by atoms with Gasteiger partial charge in [-0.2, -0.15) is 0 Å². The third-order valence-corrected chi connectivity index (χ3v) is 25.7. The molecule has 12 aromatic carbocycles. The van der Waals surface area contributed by atoms with E-state index in [0.717, 1.165) is 0 Å². The van der Waals surface area contributed by atoms with Crippen LogP contribution in [-0.2, 0) is 49.9 Å². The quantitative estimate of drug-likeness (QED) is 0.117. The highest BCUT2D eigenvalue weighted by atomic mass is 15.4. The molecule has 0 atom stereocenters. The van der Waals surface area contributed by atoms with Crippen molar-refractivity contribution in [3.8, 4) is 78.7 Å². The lowest BCUT2D eigenvalue weighted by Gasteiger charge is -2.46. The lowest BCUT2D eigenvalue weighted by atomic mass is 9.59. The molecule has 0 saturated heterocycles. The number of nitrogens with zero attached hydrogens (tertiary/aromatic N) is 8. The Morgan fingerprint density at radius 3 is 1.09 bits per heavy atom. The van der Waals surface area contributed by atoms with E-state index in [-0.39, 0.29) is 21.7 Å². The van der Waals surface area contributed by atoms with E-state index in [4.69, 9.17) is 0 Å². The van der Waals surface area contributed by atoms with E-state index in [0.29, 0.717) is 0 Å². The Hall–Kier alpha value is -12.5. The van der Waals surface area contributed by atoms with Crippen LogP contribution in [0.4, 0.5) is 0 Å². The van der Waals surface area contributed by atoms with Gasteiger partial charge < -0.3 is 0 Å². The zero-order valence-corrected chi connectivity index (χ0v) is 67.6. The van der Waals surface area contributed by atoms with E-state index in [9.17, 15) is 0 Å². The van der Waals surface area contributed by atoms with Gasteiger partial charge in [0, 0.05) is 77.6 Å². The minimum Gasteiger partial charge on any atom is -0.124 e. The molecule has 0 fully saturated rings. The predicted octanol–water partition coefficient (Wildman–Crippen LogP) is 23.1. The third-order valence-electron chi connectivity index (χ3n) is 25.7. The third kappa shape index (κ3) is 11.3. The molecule has 6 aromatic heterocycles. The van der Waals surface area contributed by atoms with Gasteiger partial charge in [0.1, 0.15) is 39.1 Å². The molecule has 0 aliphatic carbocycles. The molecule has 0 N–H and O–H groups in total. The van der Waals surface area contributed by atoms with Crippen LogP contribution in [0.2, 0.25) is 0 Å². The normalized spacial score (nSPS) is 14.0. The second-order valence-electron chi connectivity index (χ2n) is 33.0. The Kier molecular flexibility index (Phi) is 18.0. The first-order valence-corrected chi connectivity index (χ1v) is 39.5. The van der Waals surface area contributed by atoms with Gasteiger partial charge in [0.05, 0.1) is 16.8 Å². The minimum absolute atomic E-state index is 0.0206. The van der Waals surface area contributed by atoms with Crippen molar-refractivity contribution in [2.24, 2.45) is 28.2 Å². The molecule has 0 unspecified atom stereocenters. The van der Waals surface area contributed by atoms with Crippen LogP contribution in [-0.4, -0.2) is 18.4 Å². The first kappa shape index (κ1) is 72.3. The summed E-state index contributed by atoms with van der Waals surface area (Å²) in [5.74, 6) is 0. The minimum atomic E-state index is -0.0796. The lowest BCUT2D eigenvalue weighted by molar-refractivity contribution is -0.735. The highest BCUT2D eigenvalue weighted by Crippen LogP contribution is 2.55. The van der Waals surface area contributed by atoms with Gasteiger partial charge in [0.15, 0.2) is 28.2 Å². The van der Waals surface area contributed by atoms with Gasteiger partial charge in [0.25, 0.3) is 0 Å². The molecule has 2 aliphatic rings. The lowest BCUT2D eigenvalue weighted by Crippen LogP contribution is -2.51.